The van der Waals surface area contributed by atoms with E-state index in [0.717, 1.165) is 54.8 Å². The van der Waals surface area contributed by atoms with Gasteiger partial charge in [-0.15, -0.1) is 0 Å². The minimum Gasteiger partial charge on any atom is -0.489 e. The molecule has 8 heteroatoms. The highest BCUT2D eigenvalue weighted by molar-refractivity contribution is 6.08. The highest BCUT2D eigenvalue weighted by Crippen LogP contribution is 2.33. The third-order valence-electron chi connectivity index (χ3n) is 8.85. The minimum absolute atomic E-state index is 0.0269. The molecule has 0 aliphatic carbocycles. The van der Waals surface area contributed by atoms with Crippen LogP contribution in [0.4, 0.5) is 0 Å². The average Bonchev–Trinajstić information content (AvgIpc) is 3.50. The summed E-state index contributed by atoms with van der Waals surface area (Å²) in [6, 6.07) is 20.7. The molecule has 44 heavy (non-hydrogen) atoms. The molecule has 0 radical (unpaired) electrons. The van der Waals surface area contributed by atoms with Gasteiger partial charge >= 0.3 is 0 Å². The van der Waals surface area contributed by atoms with Crippen LogP contribution in [-0.2, 0) is 13.1 Å². The van der Waals surface area contributed by atoms with Crippen molar-refractivity contribution in [3.8, 4) is 5.75 Å². The molecule has 2 aliphatic rings. The van der Waals surface area contributed by atoms with Gasteiger partial charge < -0.3 is 14.6 Å². The summed E-state index contributed by atoms with van der Waals surface area (Å²) in [6.45, 7) is 10.6. The highest BCUT2D eigenvalue weighted by Gasteiger charge is 2.39. The fraction of sp³-hybridized carbons (Fsp3) is 0.417. The average molecular weight is 594 g/mol. The van der Waals surface area contributed by atoms with Crippen LogP contribution in [0.15, 0.2) is 73.1 Å². The van der Waals surface area contributed by atoms with Gasteiger partial charge in [0.25, 0.3) is 5.91 Å². The van der Waals surface area contributed by atoms with E-state index in [4.69, 9.17) is 4.74 Å². The topological polar surface area (TPSA) is 79.7 Å². The summed E-state index contributed by atoms with van der Waals surface area (Å²) in [4.78, 5) is 35.4. The van der Waals surface area contributed by atoms with Crippen molar-refractivity contribution in [1.82, 2.24) is 24.7 Å². The second kappa shape index (κ2) is 13.3. The Morgan fingerprint density at radius 1 is 1.00 bits per heavy atom. The molecule has 2 aliphatic heterocycles. The monoisotopic (exact) mass is 593 g/mol. The van der Waals surface area contributed by atoms with Crippen LogP contribution in [0.25, 0.3) is 10.9 Å². The second-order valence-corrected chi connectivity index (χ2v) is 12.5. The van der Waals surface area contributed by atoms with Crippen LogP contribution in [0.3, 0.4) is 0 Å². The molecule has 2 bridgehead atoms. The summed E-state index contributed by atoms with van der Waals surface area (Å²) in [5.74, 6) is 0.823. The lowest BCUT2D eigenvalue weighted by atomic mass is 10.1. The maximum atomic E-state index is 13.5. The first kappa shape index (κ1) is 30.0. The van der Waals surface area contributed by atoms with Gasteiger partial charge in [-0.1, -0.05) is 48.0 Å². The lowest BCUT2D eigenvalue weighted by molar-refractivity contribution is 0.0586. The number of hydrogen-bond donors (Lipinski definition) is 1. The molecule has 4 heterocycles. The number of benzene rings is 2. The Labute approximate surface area is 260 Å². The number of aromatic nitrogens is 2. The number of nitrogens with zero attached hydrogens (tertiary/aromatic N) is 4. The van der Waals surface area contributed by atoms with E-state index < -0.39 is 0 Å². The van der Waals surface area contributed by atoms with Gasteiger partial charge in [-0.05, 0) is 63.8 Å². The van der Waals surface area contributed by atoms with Gasteiger partial charge in [0, 0.05) is 62.6 Å². The number of ketones is 1. The number of hydrogen-bond acceptors (Lipinski definition) is 6. The van der Waals surface area contributed by atoms with E-state index >= 15 is 0 Å². The number of aryl methyl sites for hydroxylation is 2. The summed E-state index contributed by atoms with van der Waals surface area (Å²) in [5.41, 5.74) is 4.46. The molecule has 1 amide bonds. The number of fused-ring (bicyclic) bond motifs is 3. The molecule has 2 saturated heterocycles. The van der Waals surface area contributed by atoms with Gasteiger partial charge in [-0.2, -0.15) is 0 Å². The molecule has 8 nitrogen and oxygen atoms in total. The Hall–Kier alpha value is -4.01. The van der Waals surface area contributed by atoms with E-state index in [1.54, 1.807) is 12.3 Å². The molecule has 6 rings (SSSR count). The molecule has 4 aromatic rings. The predicted octanol–water partition coefficient (Wildman–Crippen LogP) is 5.48. The Balaban J connectivity index is 1.13. The van der Waals surface area contributed by atoms with Crippen molar-refractivity contribution in [3.05, 3.63) is 95.4 Å². The van der Waals surface area contributed by atoms with Crippen molar-refractivity contribution in [2.24, 2.45) is 0 Å². The molecular formula is C36H43N5O3. The summed E-state index contributed by atoms with van der Waals surface area (Å²) >= 11 is 0. The normalized spacial score (nSPS) is 18.6. The Morgan fingerprint density at radius 3 is 2.52 bits per heavy atom. The summed E-state index contributed by atoms with van der Waals surface area (Å²) in [6.07, 6.45) is 7.01. The number of pyridine rings is 1. The zero-order chi connectivity index (χ0) is 30.6. The molecule has 2 atom stereocenters. The van der Waals surface area contributed by atoms with Crippen molar-refractivity contribution >= 4 is 22.6 Å². The summed E-state index contributed by atoms with van der Waals surface area (Å²) < 4.78 is 8.43. The largest absolute Gasteiger partial charge is 0.489 e. The third kappa shape index (κ3) is 6.71. The lowest BCUT2D eigenvalue weighted by Crippen LogP contribution is -2.54. The number of carbonyl (C=O) groups is 2. The van der Waals surface area contributed by atoms with Crippen LogP contribution in [0.1, 0.15) is 65.1 Å². The van der Waals surface area contributed by atoms with Crippen LogP contribution in [0.2, 0.25) is 0 Å². The fourth-order valence-electron chi connectivity index (χ4n) is 6.94. The van der Waals surface area contributed by atoms with E-state index in [9.17, 15) is 9.59 Å². The number of para-hydroxylation sites is 1. The number of likely N-dealkylation sites (tertiary alicyclic amines) is 1. The van der Waals surface area contributed by atoms with Gasteiger partial charge in [-0.25, -0.2) is 0 Å². The maximum absolute atomic E-state index is 13.5. The highest BCUT2D eigenvalue weighted by atomic mass is 16.5. The summed E-state index contributed by atoms with van der Waals surface area (Å²) in [7, 11) is 0. The summed E-state index contributed by atoms with van der Waals surface area (Å²) in [5, 5.41) is 4.04. The minimum atomic E-state index is -0.0774. The van der Waals surface area contributed by atoms with Gasteiger partial charge in [0.2, 0.25) is 0 Å². The van der Waals surface area contributed by atoms with Crippen LogP contribution in [-0.4, -0.2) is 75.4 Å². The van der Waals surface area contributed by atoms with Gasteiger partial charge in [0.15, 0.2) is 5.78 Å². The first-order valence-electron chi connectivity index (χ1n) is 15.9. The van der Waals surface area contributed by atoms with E-state index in [2.05, 4.69) is 43.7 Å². The fourth-order valence-corrected chi connectivity index (χ4v) is 6.94. The molecule has 2 aromatic heterocycles. The van der Waals surface area contributed by atoms with Crippen molar-refractivity contribution in [3.63, 3.8) is 0 Å². The first-order chi connectivity index (χ1) is 21.4. The predicted molar refractivity (Wildman–Crippen MR) is 173 cm³/mol. The van der Waals surface area contributed by atoms with Crippen LogP contribution < -0.4 is 10.1 Å². The molecule has 0 saturated carbocycles. The van der Waals surface area contributed by atoms with E-state index in [-0.39, 0.29) is 17.8 Å². The zero-order valence-electron chi connectivity index (χ0n) is 26.0. The Morgan fingerprint density at radius 2 is 1.80 bits per heavy atom. The van der Waals surface area contributed by atoms with E-state index in [0.29, 0.717) is 36.4 Å². The lowest BCUT2D eigenvalue weighted by Gasteiger charge is -2.40. The molecule has 2 unspecified atom stereocenters. The smallest absolute Gasteiger partial charge is 0.253 e. The molecular weight excluding hydrogens is 550 g/mol. The molecule has 2 aromatic carbocycles. The number of nitrogens with one attached hydrogen (secondary N) is 1. The number of carbonyl (C=O) groups excluding carboxylic acids is 2. The van der Waals surface area contributed by atoms with E-state index in [1.807, 2.05) is 62.5 Å². The number of ether oxygens (including phenoxy) is 1. The zero-order valence-corrected chi connectivity index (χ0v) is 26.0. The van der Waals surface area contributed by atoms with Crippen molar-refractivity contribution < 1.29 is 14.3 Å². The number of rotatable bonds is 12. The maximum Gasteiger partial charge on any atom is 0.253 e. The quantitative estimate of drug-likeness (QED) is 0.219. The van der Waals surface area contributed by atoms with E-state index in [1.165, 1.54) is 18.4 Å². The third-order valence-corrected chi connectivity index (χ3v) is 8.85. The van der Waals surface area contributed by atoms with Gasteiger partial charge in [-0.3, -0.25) is 24.4 Å². The molecule has 0 spiro atoms. The second-order valence-electron chi connectivity index (χ2n) is 12.5. The molecule has 1 N–H and O–H groups in total. The number of amides is 1. The molecule has 2 fully saturated rings. The van der Waals surface area contributed by atoms with Crippen molar-refractivity contribution in [2.45, 2.75) is 71.3 Å². The van der Waals surface area contributed by atoms with Gasteiger partial charge in [0.1, 0.15) is 11.4 Å². The van der Waals surface area contributed by atoms with Crippen molar-refractivity contribution in [2.75, 3.05) is 26.2 Å². The number of piperazine rings is 1. The van der Waals surface area contributed by atoms with Crippen molar-refractivity contribution in [1.29, 1.82) is 0 Å². The Kier molecular flexibility index (Phi) is 9.09. The molecule has 230 valence electrons. The van der Waals surface area contributed by atoms with Crippen LogP contribution >= 0.6 is 0 Å². The Bertz CT molecular complexity index is 1600. The standard InChI is InChI=1S/C36H43N5O3/c1-25(2)44-34-13-7-11-30-31(36(43)38-20-27-10-6-9-26(3)19-27)23-40(35(30)34)17-8-18-41-28-14-15-29(41)22-39(21-28)24-33(42)32-12-4-5-16-37-32/h4-7,9-13,16,19,23,25,28-29H,8,14-15,17-18,20-22,24H2,1-3H3,(H,38,43). The first-order valence-corrected chi connectivity index (χ1v) is 15.9. The van der Waals surface area contributed by atoms with Crippen LogP contribution in [0, 0.1) is 6.92 Å². The van der Waals surface area contributed by atoms with Crippen LogP contribution in [0.5, 0.6) is 5.75 Å². The SMILES string of the molecule is Cc1cccc(CNC(=O)c2cn(CCCN3C4CCC3CN(CC(=O)c3ccccn3)C4)c3c(OC(C)C)cccc23)c1. The van der Waals surface area contributed by atoms with Gasteiger partial charge in [0.05, 0.1) is 23.7 Å². The number of Topliss-reactive ketones (excluding diaryl/α,β-unsaturated/α-hetero) is 1.